The van der Waals surface area contributed by atoms with Gasteiger partial charge in [-0.15, -0.1) is 0 Å². The largest absolute Gasteiger partial charge is 0.384 e. The molecule has 0 aliphatic heterocycles. The van der Waals surface area contributed by atoms with Crippen LogP contribution in [0.4, 0.5) is 5.82 Å². The molecule has 0 saturated heterocycles. The molecule has 0 radical (unpaired) electrons. The maximum absolute atomic E-state index is 5.85. The molecule has 0 aromatic carbocycles. The molecule has 1 aromatic rings. The van der Waals surface area contributed by atoms with Crippen LogP contribution in [0.1, 0.15) is 31.7 Å². The molecule has 70 valence electrons. The monoisotopic (exact) mass is 177 g/mol. The number of nitrogens with zero attached hydrogens (tertiary/aromatic N) is 2. The van der Waals surface area contributed by atoms with Crippen molar-refractivity contribution in [1.29, 1.82) is 0 Å². The van der Waals surface area contributed by atoms with Crippen molar-refractivity contribution < 1.29 is 0 Å². The Balaban J connectivity index is 1.91. The van der Waals surface area contributed by atoms with E-state index in [4.69, 9.17) is 5.73 Å². The first-order valence-corrected chi connectivity index (χ1v) is 5.13. The van der Waals surface area contributed by atoms with Crippen molar-refractivity contribution in [2.75, 3.05) is 5.73 Å². The van der Waals surface area contributed by atoms with Gasteiger partial charge in [-0.2, -0.15) is 5.10 Å². The predicted molar refractivity (Wildman–Crippen MR) is 51.1 cm³/mol. The van der Waals surface area contributed by atoms with Crippen LogP contribution >= 0.6 is 0 Å². The highest BCUT2D eigenvalue weighted by Gasteiger charge is 2.41. The number of hydrogen-bond donors (Lipinski definition) is 1. The maximum Gasteiger partial charge on any atom is 0.121 e. The van der Waals surface area contributed by atoms with Crippen molar-refractivity contribution in [1.82, 2.24) is 9.78 Å². The highest BCUT2D eigenvalue weighted by molar-refractivity contribution is 5.27. The molecule has 2 aliphatic carbocycles. The van der Waals surface area contributed by atoms with E-state index in [0.29, 0.717) is 6.04 Å². The van der Waals surface area contributed by atoms with E-state index < -0.39 is 0 Å². The SMILES string of the molecule is Nc1ccnn1C1CC2CCC1C2. The van der Waals surface area contributed by atoms with Gasteiger partial charge in [-0.25, -0.2) is 4.68 Å². The fourth-order valence-electron chi connectivity index (χ4n) is 3.11. The Bertz CT molecular complexity index is 318. The van der Waals surface area contributed by atoms with E-state index in [1.54, 1.807) is 6.20 Å². The Morgan fingerprint density at radius 1 is 1.38 bits per heavy atom. The van der Waals surface area contributed by atoms with E-state index in [2.05, 4.69) is 5.10 Å². The van der Waals surface area contributed by atoms with Crippen LogP contribution in [0.5, 0.6) is 0 Å². The Morgan fingerprint density at radius 3 is 2.85 bits per heavy atom. The van der Waals surface area contributed by atoms with Gasteiger partial charge in [0.25, 0.3) is 0 Å². The molecule has 2 bridgehead atoms. The second-order valence-electron chi connectivity index (χ2n) is 4.44. The molecule has 2 aliphatic rings. The Hall–Kier alpha value is -0.990. The van der Waals surface area contributed by atoms with Crippen LogP contribution in [0.15, 0.2) is 12.3 Å². The molecule has 0 spiro atoms. The smallest absolute Gasteiger partial charge is 0.121 e. The lowest BCUT2D eigenvalue weighted by Gasteiger charge is -2.22. The van der Waals surface area contributed by atoms with Gasteiger partial charge in [-0.05, 0) is 37.2 Å². The van der Waals surface area contributed by atoms with Crippen LogP contribution < -0.4 is 5.73 Å². The summed E-state index contributed by atoms with van der Waals surface area (Å²) >= 11 is 0. The van der Waals surface area contributed by atoms with Crippen molar-refractivity contribution in [3.8, 4) is 0 Å². The third-order valence-electron chi connectivity index (χ3n) is 3.72. The standard InChI is InChI=1S/C10H15N3/c11-10-3-4-12-13(10)9-6-7-1-2-8(9)5-7/h3-4,7-9H,1-2,5-6,11H2. The van der Waals surface area contributed by atoms with Gasteiger partial charge in [-0.1, -0.05) is 6.42 Å². The summed E-state index contributed by atoms with van der Waals surface area (Å²) in [4.78, 5) is 0. The molecule has 2 saturated carbocycles. The first-order chi connectivity index (χ1) is 6.34. The first-order valence-electron chi connectivity index (χ1n) is 5.13. The average molecular weight is 177 g/mol. The Morgan fingerprint density at radius 2 is 2.31 bits per heavy atom. The summed E-state index contributed by atoms with van der Waals surface area (Å²) in [6, 6.07) is 2.50. The van der Waals surface area contributed by atoms with Gasteiger partial charge in [0, 0.05) is 0 Å². The number of nitrogens with two attached hydrogens (primary N) is 1. The van der Waals surface area contributed by atoms with Crippen molar-refractivity contribution in [3.63, 3.8) is 0 Å². The van der Waals surface area contributed by atoms with E-state index in [0.717, 1.165) is 17.7 Å². The molecule has 1 aromatic heterocycles. The lowest BCUT2D eigenvalue weighted by molar-refractivity contribution is 0.310. The van der Waals surface area contributed by atoms with Crippen LogP contribution in [-0.4, -0.2) is 9.78 Å². The van der Waals surface area contributed by atoms with Crippen molar-refractivity contribution in [3.05, 3.63) is 12.3 Å². The predicted octanol–water partition coefficient (Wildman–Crippen LogP) is 1.83. The highest BCUT2D eigenvalue weighted by Crippen LogP contribution is 2.50. The zero-order valence-electron chi connectivity index (χ0n) is 7.69. The number of rotatable bonds is 1. The topological polar surface area (TPSA) is 43.8 Å². The third kappa shape index (κ3) is 0.992. The molecule has 3 atom stereocenters. The van der Waals surface area contributed by atoms with Gasteiger partial charge in [0.05, 0.1) is 12.2 Å². The summed E-state index contributed by atoms with van der Waals surface area (Å²) in [7, 11) is 0. The number of aromatic nitrogens is 2. The third-order valence-corrected chi connectivity index (χ3v) is 3.72. The second kappa shape index (κ2) is 2.50. The van der Waals surface area contributed by atoms with E-state index in [-0.39, 0.29) is 0 Å². The second-order valence-corrected chi connectivity index (χ2v) is 4.44. The molecular weight excluding hydrogens is 162 g/mol. The maximum atomic E-state index is 5.85. The van der Waals surface area contributed by atoms with Gasteiger partial charge in [0.2, 0.25) is 0 Å². The van der Waals surface area contributed by atoms with Crippen molar-refractivity contribution >= 4 is 5.82 Å². The van der Waals surface area contributed by atoms with Crippen LogP contribution in [-0.2, 0) is 0 Å². The Kier molecular flexibility index (Phi) is 1.43. The molecule has 3 nitrogen and oxygen atoms in total. The van der Waals surface area contributed by atoms with Gasteiger partial charge in [0.1, 0.15) is 5.82 Å². The zero-order chi connectivity index (χ0) is 8.84. The quantitative estimate of drug-likeness (QED) is 0.711. The normalized spacial score (nSPS) is 37.1. The number of anilines is 1. The lowest BCUT2D eigenvalue weighted by Crippen LogP contribution is -2.18. The molecule has 0 amide bonds. The summed E-state index contributed by atoms with van der Waals surface area (Å²) in [6.45, 7) is 0. The summed E-state index contributed by atoms with van der Waals surface area (Å²) in [5.41, 5.74) is 5.85. The number of nitrogen functional groups attached to an aromatic ring is 1. The molecule has 1 heterocycles. The first kappa shape index (κ1) is 7.42. The van der Waals surface area contributed by atoms with Crippen LogP contribution in [0.25, 0.3) is 0 Å². The van der Waals surface area contributed by atoms with Crippen molar-refractivity contribution in [2.24, 2.45) is 11.8 Å². The van der Waals surface area contributed by atoms with Gasteiger partial charge in [-0.3, -0.25) is 0 Å². The van der Waals surface area contributed by atoms with E-state index in [9.17, 15) is 0 Å². The minimum absolute atomic E-state index is 0.605. The molecule has 13 heavy (non-hydrogen) atoms. The molecule has 3 heteroatoms. The van der Waals surface area contributed by atoms with Crippen LogP contribution in [0, 0.1) is 11.8 Å². The van der Waals surface area contributed by atoms with Crippen LogP contribution in [0.2, 0.25) is 0 Å². The van der Waals surface area contributed by atoms with Gasteiger partial charge >= 0.3 is 0 Å². The highest BCUT2D eigenvalue weighted by atomic mass is 15.3. The van der Waals surface area contributed by atoms with Crippen LogP contribution in [0.3, 0.4) is 0 Å². The van der Waals surface area contributed by atoms with Crippen molar-refractivity contribution in [2.45, 2.75) is 31.7 Å². The summed E-state index contributed by atoms with van der Waals surface area (Å²) in [5.74, 6) is 2.64. The Labute approximate surface area is 77.9 Å². The lowest BCUT2D eigenvalue weighted by atomic mass is 9.95. The zero-order valence-corrected chi connectivity index (χ0v) is 7.69. The minimum atomic E-state index is 0.605. The van der Waals surface area contributed by atoms with Gasteiger partial charge < -0.3 is 5.73 Å². The van der Waals surface area contributed by atoms with E-state index >= 15 is 0 Å². The van der Waals surface area contributed by atoms with E-state index in [1.165, 1.54) is 25.7 Å². The number of hydrogen-bond acceptors (Lipinski definition) is 2. The average Bonchev–Trinajstić information content (AvgIpc) is 2.77. The molecular formula is C10H15N3. The summed E-state index contributed by atoms with van der Waals surface area (Å²) in [5, 5.41) is 4.31. The molecule has 2 fully saturated rings. The summed E-state index contributed by atoms with van der Waals surface area (Å²) in [6.07, 6.45) is 7.33. The van der Waals surface area contributed by atoms with Gasteiger partial charge in [0.15, 0.2) is 0 Å². The molecule has 3 unspecified atom stereocenters. The fourth-order valence-corrected chi connectivity index (χ4v) is 3.11. The fraction of sp³-hybridized carbons (Fsp3) is 0.700. The van der Waals surface area contributed by atoms with E-state index in [1.807, 2.05) is 10.7 Å². The molecule has 2 N–H and O–H groups in total. The number of fused-ring (bicyclic) bond motifs is 2. The minimum Gasteiger partial charge on any atom is -0.384 e. The summed E-state index contributed by atoms with van der Waals surface area (Å²) < 4.78 is 2.03. The molecule has 3 rings (SSSR count).